The lowest BCUT2D eigenvalue weighted by Gasteiger charge is -2.06. The Morgan fingerprint density at radius 3 is 0.894 bits per heavy atom. The van der Waals surface area contributed by atoms with Gasteiger partial charge < -0.3 is 0 Å². The van der Waals surface area contributed by atoms with E-state index in [2.05, 4.69) is 78.4 Å². The molecule has 0 spiro atoms. The number of aliphatic imine (C=N–C) groups is 2. The molecule has 0 aliphatic rings. The summed E-state index contributed by atoms with van der Waals surface area (Å²) in [5.41, 5.74) is 4.69. The summed E-state index contributed by atoms with van der Waals surface area (Å²) in [5.74, 6) is 0. The van der Waals surface area contributed by atoms with Gasteiger partial charge in [-0.3, -0.25) is 0 Å². The van der Waals surface area contributed by atoms with E-state index in [0.717, 1.165) is 24.2 Å². The fourth-order valence-corrected chi connectivity index (χ4v) is 6.82. The first-order chi connectivity index (χ1) is 23.3. The highest BCUT2D eigenvalue weighted by molar-refractivity contribution is 5.61. The molecule has 0 fully saturated rings. The van der Waals surface area contributed by atoms with Crippen molar-refractivity contribution in [2.45, 2.75) is 206 Å². The SMILES string of the molecule is CCCCCCCCCCCCCCCCc1ccccc1N=C=Nc1ccccc1CCCCCCCCCCCCCCCC. The monoisotopic (exact) mass is 643 g/mol. The molecule has 264 valence electrons. The Kier molecular flexibility index (Phi) is 27.1. The first-order valence-electron chi connectivity index (χ1n) is 20.7. The van der Waals surface area contributed by atoms with Crippen molar-refractivity contribution < 1.29 is 0 Å². The number of rotatable bonds is 32. The van der Waals surface area contributed by atoms with Crippen LogP contribution in [0.4, 0.5) is 11.4 Å². The number of nitrogens with zero attached hydrogens (tertiary/aromatic N) is 2. The molecule has 0 saturated carbocycles. The molecule has 47 heavy (non-hydrogen) atoms. The van der Waals surface area contributed by atoms with Crippen LogP contribution < -0.4 is 0 Å². The second kappa shape index (κ2) is 31.1. The minimum atomic E-state index is 1.02. The average Bonchev–Trinajstić information content (AvgIpc) is 3.09. The molecule has 2 nitrogen and oxygen atoms in total. The van der Waals surface area contributed by atoms with E-state index in [-0.39, 0.29) is 0 Å². The third kappa shape index (κ3) is 22.9. The van der Waals surface area contributed by atoms with Gasteiger partial charge in [-0.05, 0) is 48.9 Å². The van der Waals surface area contributed by atoms with Crippen molar-refractivity contribution in [1.82, 2.24) is 0 Å². The molecule has 2 heteroatoms. The lowest BCUT2D eigenvalue weighted by Crippen LogP contribution is -1.88. The number of benzene rings is 2. The summed E-state index contributed by atoms with van der Waals surface area (Å²) in [6, 6.07) is 20.2. The van der Waals surface area contributed by atoms with Crippen LogP contribution in [0.2, 0.25) is 0 Å². The molecule has 0 aliphatic heterocycles. The van der Waals surface area contributed by atoms with Gasteiger partial charge in [-0.15, -0.1) is 0 Å². The lowest BCUT2D eigenvalue weighted by atomic mass is 10.0. The Morgan fingerprint density at radius 1 is 0.340 bits per heavy atom. The van der Waals surface area contributed by atoms with Crippen molar-refractivity contribution in [2.24, 2.45) is 9.98 Å². The van der Waals surface area contributed by atoms with Crippen LogP contribution in [0.25, 0.3) is 0 Å². The Balaban J connectivity index is 1.58. The molecule has 0 radical (unpaired) electrons. The average molecular weight is 643 g/mol. The van der Waals surface area contributed by atoms with E-state index in [9.17, 15) is 0 Å². The Bertz CT molecular complexity index is 954. The van der Waals surface area contributed by atoms with Crippen LogP contribution >= 0.6 is 0 Å². The van der Waals surface area contributed by atoms with Crippen molar-refractivity contribution >= 4 is 17.4 Å². The molecule has 0 saturated heterocycles. The van der Waals surface area contributed by atoms with Gasteiger partial charge in [-0.2, -0.15) is 9.98 Å². The normalized spacial score (nSPS) is 11.1. The molecule has 0 bridgehead atoms. The molecule has 0 amide bonds. The van der Waals surface area contributed by atoms with Crippen LogP contribution in [0.3, 0.4) is 0 Å². The highest BCUT2D eigenvalue weighted by Gasteiger charge is 2.03. The standard InChI is InChI=1S/C45H74N2/c1-3-5-7-9-11-13-15-17-19-21-23-25-27-29-35-42-37-31-33-39-44(42)46-41-47-45-40-34-32-38-43(45)36-30-28-26-24-22-20-18-16-14-12-10-8-6-4-2/h31-34,37-40H,3-30,35-36H2,1-2H3. The van der Waals surface area contributed by atoms with Gasteiger partial charge >= 0.3 is 0 Å². The van der Waals surface area contributed by atoms with Gasteiger partial charge in [0.2, 0.25) is 0 Å². The molecule has 2 rings (SSSR count). The maximum Gasteiger partial charge on any atom is 0.100 e. The highest BCUT2D eigenvalue weighted by Crippen LogP contribution is 2.24. The van der Waals surface area contributed by atoms with Crippen LogP contribution in [0.5, 0.6) is 0 Å². The number of hydrogen-bond donors (Lipinski definition) is 0. The molecule has 0 heterocycles. The Morgan fingerprint density at radius 2 is 0.596 bits per heavy atom. The van der Waals surface area contributed by atoms with E-state index >= 15 is 0 Å². The van der Waals surface area contributed by atoms with Crippen LogP contribution in [-0.4, -0.2) is 6.01 Å². The van der Waals surface area contributed by atoms with Crippen LogP contribution in [0, 0.1) is 0 Å². The van der Waals surface area contributed by atoms with Gasteiger partial charge in [0.05, 0.1) is 11.4 Å². The molecule has 0 aliphatic carbocycles. The number of aryl methyl sites for hydroxylation is 2. The summed E-state index contributed by atoms with van der Waals surface area (Å²) in [7, 11) is 0. The Labute approximate surface area is 292 Å². The summed E-state index contributed by atoms with van der Waals surface area (Å²) < 4.78 is 0. The molecule has 2 aromatic rings. The van der Waals surface area contributed by atoms with Crippen LogP contribution in [-0.2, 0) is 12.8 Å². The second-order valence-corrected chi connectivity index (χ2v) is 14.3. The minimum Gasteiger partial charge on any atom is -0.187 e. The van der Waals surface area contributed by atoms with Gasteiger partial charge in [0.1, 0.15) is 6.01 Å². The van der Waals surface area contributed by atoms with E-state index < -0.39 is 0 Å². The van der Waals surface area contributed by atoms with Crippen LogP contribution in [0.1, 0.15) is 205 Å². The predicted octanol–water partition coefficient (Wildman–Crippen LogP) is 15.9. The van der Waals surface area contributed by atoms with Crippen molar-refractivity contribution in [2.75, 3.05) is 0 Å². The third-order valence-electron chi connectivity index (χ3n) is 9.92. The van der Waals surface area contributed by atoms with E-state index in [1.807, 2.05) is 0 Å². The van der Waals surface area contributed by atoms with E-state index in [1.165, 1.54) is 191 Å². The Hall–Kier alpha value is -2.18. The maximum absolute atomic E-state index is 4.68. The molecule has 0 N–H and O–H groups in total. The molecule has 0 unspecified atom stereocenters. The van der Waals surface area contributed by atoms with Crippen molar-refractivity contribution in [3.63, 3.8) is 0 Å². The van der Waals surface area contributed by atoms with Gasteiger partial charge in [0.25, 0.3) is 0 Å². The quantitative estimate of drug-likeness (QED) is 0.0560. The zero-order valence-electron chi connectivity index (χ0n) is 31.2. The van der Waals surface area contributed by atoms with Crippen molar-refractivity contribution in [3.05, 3.63) is 59.7 Å². The number of hydrogen-bond acceptors (Lipinski definition) is 2. The smallest absolute Gasteiger partial charge is 0.100 e. The second-order valence-electron chi connectivity index (χ2n) is 14.3. The topological polar surface area (TPSA) is 24.7 Å². The molecule has 0 aromatic heterocycles. The molecular formula is C45H74N2. The summed E-state index contributed by atoms with van der Waals surface area (Å²) in [6.07, 6.45) is 41.3. The fourth-order valence-electron chi connectivity index (χ4n) is 6.82. The zero-order chi connectivity index (χ0) is 33.3. The van der Waals surface area contributed by atoms with E-state index in [4.69, 9.17) is 0 Å². The zero-order valence-corrected chi connectivity index (χ0v) is 31.2. The van der Waals surface area contributed by atoms with Gasteiger partial charge in [-0.1, -0.05) is 217 Å². The minimum absolute atomic E-state index is 1.02. The van der Waals surface area contributed by atoms with Gasteiger partial charge in [-0.25, -0.2) is 0 Å². The largest absolute Gasteiger partial charge is 0.187 e. The fraction of sp³-hybridized carbons (Fsp3) is 0.711. The van der Waals surface area contributed by atoms with Crippen LogP contribution in [0.15, 0.2) is 58.5 Å². The summed E-state index contributed by atoms with van der Waals surface area (Å²) in [5, 5.41) is 0. The first-order valence-corrected chi connectivity index (χ1v) is 20.7. The van der Waals surface area contributed by atoms with Crippen molar-refractivity contribution in [3.8, 4) is 0 Å². The molecule has 0 atom stereocenters. The van der Waals surface area contributed by atoms with Crippen molar-refractivity contribution in [1.29, 1.82) is 0 Å². The van der Waals surface area contributed by atoms with E-state index in [1.54, 1.807) is 0 Å². The third-order valence-corrected chi connectivity index (χ3v) is 9.92. The number of para-hydroxylation sites is 2. The summed E-state index contributed by atoms with van der Waals surface area (Å²) in [4.78, 5) is 9.37. The van der Waals surface area contributed by atoms with E-state index in [0.29, 0.717) is 0 Å². The number of unbranched alkanes of at least 4 members (excludes halogenated alkanes) is 26. The molecular weight excluding hydrogens is 569 g/mol. The maximum atomic E-state index is 4.68. The summed E-state index contributed by atoms with van der Waals surface area (Å²) >= 11 is 0. The molecule has 2 aromatic carbocycles. The first kappa shape index (κ1) is 41.0. The lowest BCUT2D eigenvalue weighted by molar-refractivity contribution is 0.535. The van der Waals surface area contributed by atoms with Gasteiger partial charge in [0, 0.05) is 0 Å². The van der Waals surface area contributed by atoms with Gasteiger partial charge in [0.15, 0.2) is 0 Å². The summed E-state index contributed by atoms with van der Waals surface area (Å²) in [6.45, 7) is 4.60. The predicted molar refractivity (Wildman–Crippen MR) is 210 cm³/mol. The highest BCUT2D eigenvalue weighted by atomic mass is 14.8.